The molecule has 0 amide bonds. The summed E-state index contributed by atoms with van der Waals surface area (Å²) in [7, 11) is 0. The van der Waals surface area contributed by atoms with E-state index in [1.807, 2.05) is 24.3 Å². The molecule has 164 valence electrons. The number of hydrogen-bond acceptors (Lipinski definition) is 2. The Morgan fingerprint density at radius 2 is 1.20 bits per heavy atom. The van der Waals surface area contributed by atoms with Crippen molar-refractivity contribution in [3.8, 4) is 11.6 Å². The van der Waals surface area contributed by atoms with Crippen molar-refractivity contribution in [3.63, 3.8) is 0 Å². The molecular formula is C31H19N3O. The molecule has 8 rings (SSSR count). The number of furan rings is 1. The molecule has 5 aromatic carbocycles. The normalized spacial score (nSPS) is 12.0. The number of hydrogen-bond donors (Lipinski definition) is 0. The fraction of sp³-hybridized carbons (Fsp3) is 0. The lowest BCUT2D eigenvalue weighted by molar-refractivity contribution is 0.669. The zero-order valence-electron chi connectivity index (χ0n) is 18.7. The molecule has 0 saturated carbocycles. The molecule has 0 aliphatic heterocycles. The summed E-state index contributed by atoms with van der Waals surface area (Å²) < 4.78 is 10.8. The van der Waals surface area contributed by atoms with E-state index in [4.69, 9.17) is 9.40 Å². The maximum atomic E-state index is 6.28. The second kappa shape index (κ2) is 6.84. The highest BCUT2D eigenvalue weighted by Gasteiger charge is 2.21. The first-order valence-corrected chi connectivity index (χ1v) is 11.7. The van der Waals surface area contributed by atoms with Crippen LogP contribution in [0.5, 0.6) is 0 Å². The van der Waals surface area contributed by atoms with Crippen LogP contribution in [0.15, 0.2) is 120 Å². The Balaban J connectivity index is 1.57. The Morgan fingerprint density at radius 1 is 0.486 bits per heavy atom. The van der Waals surface area contributed by atoms with Crippen molar-refractivity contribution >= 4 is 54.8 Å². The van der Waals surface area contributed by atoms with E-state index in [1.165, 1.54) is 10.8 Å². The fourth-order valence-electron chi connectivity index (χ4n) is 5.40. The predicted molar refractivity (Wildman–Crippen MR) is 143 cm³/mol. The maximum Gasteiger partial charge on any atom is 0.220 e. The minimum Gasteiger partial charge on any atom is -0.456 e. The molecule has 4 heteroatoms. The van der Waals surface area contributed by atoms with Gasteiger partial charge in [-0.3, -0.25) is 9.13 Å². The van der Waals surface area contributed by atoms with Crippen LogP contribution < -0.4 is 0 Å². The van der Waals surface area contributed by atoms with Gasteiger partial charge in [0.2, 0.25) is 5.95 Å². The zero-order chi connectivity index (χ0) is 22.9. The molecule has 8 aromatic rings. The van der Waals surface area contributed by atoms with Gasteiger partial charge in [-0.1, -0.05) is 66.7 Å². The van der Waals surface area contributed by atoms with Gasteiger partial charge in [0.15, 0.2) is 0 Å². The number of benzene rings is 5. The van der Waals surface area contributed by atoms with Crippen molar-refractivity contribution in [2.24, 2.45) is 0 Å². The molecule has 0 bridgehead atoms. The molecular weight excluding hydrogens is 430 g/mol. The summed E-state index contributed by atoms with van der Waals surface area (Å²) in [5.74, 6) is 0.860. The van der Waals surface area contributed by atoms with Crippen LogP contribution in [0.4, 0.5) is 0 Å². The zero-order valence-corrected chi connectivity index (χ0v) is 18.7. The number of rotatable bonds is 2. The van der Waals surface area contributed by atoms with Gasteiger partial charge in [0, 0.05) is 33.3 Å². The van der Waals surface area contributed by atoms with Crippen LogP contribution in [0.1, 0.15) is 0 Å². The van der Waals surface area contributed by atoms with E-state index in [1.54, 1.807) is 0 Å². The van der Waals surface area contributed by atoms with Gasteiger partial charge < -0.3 is 4.42 Å². The molecule has 0 unspecified atom stereocenters. The molecule has 0 radical (unpaired) electrons. The van der Waals surface area contributed by atoms with E-state index in [0.29, 0.717) is 0 Å². The first kappa shape index (κ1) is 18.6. The summed E-state index contributed by atoms with van der Waals surface area (Å²) in [6, 6.07) is 40.0. The van der Waals surface area contributed by atoms with Gasteiger partial charge in [-0.05, 0) is 42.5 Å². The van der Waals surface area contributed by atoms with Crippen molar-refractivity contribution in [3.05, 3.63) is 115 Å². The van der Waals surface area contributed by atoms with Crippen LogP contribution in [-0.2, 0) is 0 Å². The van der Waals surface area contributed by atoms with Crippen LogP contribution in [-0.4, -0.2) is 14.1 Å². The molecule has 0 aliphatic carbocycles. The minimum absolute atomic E-state index is 0.860. The molecule has 0 aliphatic rings. The average molecular weight is 450 g/mol. The van der Waals surface area contributed by atoms with Crippen molar-refractivity contribution in [2.75, 3.05) is 0 Å². The van der Waals surface area contributed by atoms with Gasteiger partial charge in [0.25, 0.3) is 0 Å². The van der Waals surface area contributed by atoms with Crippen LogP contribution in [0.2, 0.25) is 0 Å². The Bertz CT molecular complexity index is 2060. The monoisotopic (exact) mass is 449 g/mol. The summed E-state index contributed by atoms with van der Waals surface area (Å²) in [4.78, 5) is 5.15. The lowest BCUT2D eigenvalue weighted by Gasteiger charge is -2.12. The highest BCUT2D eigenvalue weighted by Crippen LogP contribution is 2.38. The number of imidazole rings is 1. The number of fused-ring (bicyclic) bond motifs is 7. The highest BCUT2D eigenvalue weighted by atomic mass is 16.3. The van der Waals surface area contributed by atoms with E-state index in [2.05, 4.69) is 100 Å². The average Bonchev–Trinajstić information content (AvgIpc) is 3.56. The highest BCUT2D eigenvalue weighted by molar-refractivity contribution is 6.17. The predicted octanol–water partition coefficient (Wildman–Crippen LogP) is 8.02. The third-order valence-corrected chi connectivity index (χ3v) is 6.93. The number of nitrogens with zero attached hydrogens (tertiary/aromatic N) is 3. The lowest BCUT2D eigenvalue weighted by Crippen LogP contribution is -2.05. The minimum atomic E-state index is 0.860. The molecule has 0 spiro atoms. The van der Waals surface area contributed by atoms with Crippen LogP contribution in [0, 0.1) is 0 Å². The van der Waals surface area contributed by atoms with Crippen molar-refractivity contribution in [1.29, 1.82) is 0 Å². The second-order valence-corrected chi connectivity index (χ2v) is 8.89. The standard InChI is InChI=1S/C31H19N3O/c1-2-10-20(11-3-1)33-27-16-8-6-14-25(27)32-31(33)34-26-15-7-4-12-21(26)23-18-24-22-13-5-9-17-29(22)35-30(24)19-28(23)34/h1-19H. The summed E-state index contributed by atoms with van der Waals surface area (Å²) in [6.07, 6.45) is 0. The fourth-order valence-corrected chi connectivity index (χ4v) is 5.40. The summed E-state index contributed by atoms with van der Waals surface area (Å²) in [5.41, 5.74) is 7.09. The quantitative estimate of drug-likeness (QED) is 0.268. The Morgan fingerprint density at radius 3 is 2.09 bits per heavy atom. The van der Waals surface area contributed by atoms with E-state index < -0.39 is 0 Å². The van der Waals surface area contributed by atoms with Gasteiger partial charge in [0.1, 0.15) is 11.2 Å². The van der Waals surface area contributed by atoms with Crippen molar-refractivity contribution < 1.29 is 4.42 Å². The molecule has 3 heterocycles. The lowest BCUT2D eigenvalue weighted by atomic mass is 10.1. The number of para-hydroxylation sites is 5. The first-order valence-electron chi connectivity index (χ1n) is 11.7. The molecule has 0 atom stereocenters. The maximum absolute atomic E-state index is 6.28. The van der Waals surface area contributed by atoms with Gasteiger partial charge in [-0.2, -0.15) is 0 Å². The molecule has 3 aromatic heterocycles. The van der Waals surface area contributed by atoms with Crippen molar-refractivity contribution in [2.45, 2.75) is 0 Å². The topological polar surface area (TPSA) is 35.9 Å². The van der Waals surface area contributed by atoms with Gasteiger partial charge in [-0.15, -0.1) is 0 Å². The SMILES string of the molecule is c1ccc(-n2c(-n3c4ccccc4c4cc5c(cc43)oc3ccccc35)nc3ccccc32)cc1. The van der Waals surface area contributed by atoms with Crippen LogP contribution in [0.25, 0.3) is 66.4 Å². The van der Waals surface area contributed by atoms with Crippen LogP contribution >= 0.6 is 0 Å². The Kier molecular flexibility index (Phi) is 3.63. The third kappa shape index (κ3) is 2.53. The molecule has 4 nitrogen and oxygen atoms in total. The van der Waals surface area contributed by atoms with E-state index in [0.717, 1.165) is 55.6 Å². The largest absolute Gasteiger partial charge is 0.456 e. The Labute approximate surface area is 200 Å². The molecule has 0 saturated heterocycles. The number of aromatic nitrogens is 3. The van der Waals surface area contributed by atoms with E-state index in [9.17, 15) is 0 Å². The van der Waals surface area contributed by atoms with Gasteiger partial charge >= 0.3 is 0 Å². The summed E-state index contributed by atoms with van der Waals surface area (Å²) in [6.45, 7) is 0. The van der Waals surface area contributed by atoms with Gasteiger partial charge in [-0.25, -0.2) is 4.98 Å². The third-order valence-electron chi connectivity index (χ3n) is 6.93. The molecule has 0 N–H and O–H groups in total. The first-order chi connectivity index (χ1) is 17.4. The van der Waals surface area contributed by atoms with E-state index >= 15 is 0 Å². The van der Waals surface area contributed by atoms with Crippen molar-refractivity contribution in [1.82, 2.24) is 14.1 Å². The van der Waals surface area contributed by atoms with E-state index in [-0.39, 0.29) is 0 Å². The Hall–Kier alpha value is -4.83. The summed E-state index contributed by atoms with van der Waals surface area (Å²) >= 11 is 0. The smallest absolute Gasteiger partial charge is 0.220 e. The van der Waals surface area contributed by atoms with Gasteiger partial charge in [0.05, 0.1) is 22.1 Å². The van der Waals surface area contributed by atoms with Crippen LogP contribution in [0.3, 0.4) is 0 Å². The second-order valence-electron chi connectivity index (χ2n) is 8.89. The molecule has 35 heavy (non-hydrogen) atoms. The molecule has 0 fully saturated rings. The summed E-state index contributed by atoms with van der Waals surface area (Å²) in [5, 5.41) is 4.65.